The fourth-order valence-electron chi connectivity index (χ4n) is 1.37. The predicted molar refractivity (Wildman–Crippen MR) is 50.1 cm³/mol. The molecule has 0 aliphatic carbocycles. The zero-order valence-corrected chi connectivity index (χ0v) is 7.17. The number of aliphatic imine (C=N–C) groups is 1. The van der Waals surface area contributed by atoms with Gasteiger partial charge in [-0.05, 0) is 18.1 Å². The largest absolute Gasteiger partial charge is 0.370 e. The molecule has 62 valence electrons. The lowest BCUT2D eigenvalue weighted by atomic mass is 10.1. The van der Waals surface area contributed by atoms with Crippen molar-refractivity contribution in [2.75, 3.05) is 0 Å². The maximum absolute atomic E-state index is 4.37. The Kier molecular flexibility index (Phi) is 1.82. The Morgan fingerprint density at radius 1 is 1.25 bits per heavy atom. The summed E-state index contributed by atoms with van der Waals surface area (Å²) in [6.07, 6.45) is 0. The number of rotatable bonds is 0. The lowest BCUT2D eigenvalue weighted by Gasteiger charge is -2.03. The first kappa shape index (κ1) is 7.35. The van der Waals surface area contributed by atoms with E-state index in [-0.39, 0.29) is 0 Å². The molecule has 12 heavy (non-hydrogen) atoms. The molecule has 2 heteroatoms. The monoisotopic (exact) mass is 160 g/mol. The molecule has 1 aliphatic heterocycles. The average molecular weight is 160 g/mol. The smallest absolute Gasteiger partial charge is 0.0938 e. The Morgan fingerprint density at radius 3 is 2.83 bits per heavy atom. The van der Waals surface area contributed by atoms with Crippen molar-refractivity contribution in [1.29, 1.82) is 0 Å². The quantitative estimate of drug-likeness (QED) is 0.614. The van der Waals surface area contributed by atoms with Gasteiger partial charge in [0.2, 0.25) is 0 Å². The maximum atomic E-state index is 4.37. The van der Waals surface area contributed by atoms with Gasteiger partial charge in [0.15, 0.2) is 0 Å². The summed E-state index contributed by atoms with van der Waals surface area (Å²) < 4.78 is 0. The summed E-state index contributed by atoms with van der Waals surface area (Å²) in [6, 6.07) is 8.42. The summed E-state index contributed by atoms with van der Waals surface area (Å²) >= 11 is 0. The molecule has 0 unspecified atom stereocenters. The minimum atomic E-state index is 0.814. The van der Waals surface area contributed by atoms with Gasteiger partial charge in [0.1, 0.15) is 0 Å². The molecule has 0 radical (unpaired) electrons. The van der Waals surface area contributed by atoms with Crippen molar-refractivity contribution >= 4 is 5.84 Å². The molecule has 1 N–H and O–H groups in total. The van der Waals surface area contributed by atoms with Gasteiger partial charge in [-0.2, -0.15) is 0 Å². The van der Waals surface area contributed by atoms with Crippen LogP contribution in [0.25, 0.3) is 0 Å². The summed E-state index contributed by atoms with van der Waals surface area (Å²) in [5.41, 5.74) is 2.69. The first-order valence-electron chi connectivity index (χ1n) is 4.18. The van der Waals surface area contributed by atoms with Crippen molar-refractivity contribution in [3.8, 4) is 0 Å². The SMILES string of the molecule is CC1=NCc2ccccc2CN1. The fourth-order valence-corrected chi connectivity index (χ4v) is 1.37. The van der Waals surface area contributed by atoms with E-state index in [0.717, 1.165) is 18.9 Å². The van der Waals surface area contributed by atoms with E-state index in [0.29, 0.717) is 0 Å². The topological polar surface area (TPSA) is 24.4 Å². The zero-order valence-electron chi connectivity index (χ0n) is 7.17. The van der Waals surface area contributed by atoms with E-state index in [4.69, 9.17) is 0 Å². The van der Waals surface area contributed by atoms with E-state index in [1.807, 2.05) is 6.92 Å². The van der Waals surface area contributed by atoms with Crippen molar-refractivity contribution in [3.05, 3.63) is 35.4 Å². The molecule has 0 saturated carbocycles. The molecule has 0 fully saturated rings. The average Bonchev–Trinajstić information content (AvgIpc) is 2.29. The Bertz CT molecular complexity index is 315. The highest BCUT2D eigenvalue weighted by molar-refractivity contribution is 5.79. The van der Waals surface area contributed by atoms with E-state index in [2.05, 4.69) is 34.6 Å². The summed E-state index contributed by atoms with van der Waals surface area (Å²) in [5, 5.41) is 3.25. The highest BCUT2D eigenvalue weighted by atomic mass is 15.0. The number of fused-ring (bicyclic) bond motifs is 1. The molecule has 1 aromatic carbocycles. The first-order chi connectivity index (χ1) is 5.86. The Balaban J connectivity index is 2.35. The highest BCUT2D eigenvalue weighted by Crippen LogP contribution is 2.11. The molecule has 2 nitrogen and oxygen atoms in total. The van der Waals surface area contributed by atoms with Gasteiger partial charge in [-0.25, -0.2) is 0 Å². The number of amidine groups is 1. The summed E-state index contributed by atoms with van der Waals surface area (Å²) in [6.45, 7) is 3.73. The Hall–Kier alpha value is -1.31. The first-order valence-corrected chi connectivity index (χ1v) is 4.18. The molecule has 1 aromatic rings. The van der Waals surface area contributed by atoms with Crippen molar-refractivity contribution < 1.29 is 0 Å². The van der Waals surface area contributed by atoms with Gasteiger partial charge < -0.3 is 5.32 Å². The molecular weight excluding hydrogens is 148 g/mol. The number of hydrogen-bond donors (Lipinski definition) is 1. The van der Waals surface area contributed by atoms with Crippen LogP contribution in [0.4, 0.5) is 0 Å². The summed E-state index contributed by atoms with van der Waals surface area (Å²) in [5.74, 6) is 1.03. The van der Waals surface area contributed by atoms with Crippen molar-refractivity contribution in [2.24, 2.45) is 4.99 Å². The van der Waals surface area contributed by atoms with Crippen molar-refractivity contribution in [2.45, 2.75) is 20.0 Å². The molecule has 0 spiro atoms. The van der Waals surface area contributed by atoms with Crippen LogP contribution < -0.4 is 5.32 Å². The summed E-state index contributed by atoms with van der Waals surface area (Å²) in [4.78, 5) is 4.37. The molecule has 1 heterocycles. The molecule has 0 bridgehead atoms. The van der Waals surface area contributed by atoms with E-state index in [9.17, 15) is 0 Å². The van der Waals surface area contributed by atoms with Crippen molar-refractivity contribution in [3.63, 3.8) is 0 Å². The third-order valence-electron chi connectivity index (χ3n) is 2.14. The molecule has 0 aromatic heterocycles. The molecule has 2 rings (SSSR count). The van der Waals surface area contributed by atoms with E-state index in [1.165, 1.54) is 11.1 Å². The van der Waals surface area contributed by atoms with Crippen LogP contribution >= 0.6 is 0 Å². The van der Waals surface area contributed by atoms with Gasteiger partial charge in [-0.15, -0.1) is 0 Å². The number of nitrogens with zero attached hydrogens (tertiary/aromatic N) is 1. The molecular formula is C10H12N2. The third-order valence-corrected chi connectivity index (χ3v) is 2.14. The molecule has 0 saturated heterocycles. The molecule has 1 aliphatic rings. The van der Waals surface area contributed by atoms with Crippen molar-refractivity contribution in [1.82, 2.24) is 5.32 Å². The number of nitrogens with one attached hydrogen (secondary N) is 1. The van der Waals surface area contributed by atoms with Crippen LogP contribution in [-0.4, -0.2) is 5.84 Å². The Morgan fingerprint density at radius 2 is 2.00 bits per heavy atom. The second-order valence-electron chi connectivity index (χ2n) is 3.02. The van der Waals surface area contributed by atoms with Gasteiger partial charge in [0, 0.05) is 6.54 Å². The normalized spacial score (nSPS) is 15.6. The minimum Gasteiger partial charge on any atom is -0.370 e. The lowest BCUT2D eigenvalue weighted by molar-refractivity contribution is 0.916. The van der Waals surface area contributed by atoms with Gasteiger partial charge in [-0.3, -0.25) is 4.99 Å². The van der Waals surface area contributed by atoms with E-state index < -0.39 is 0 Å². The van der Waals surface area contributed by atoms with Gasteiger partial charge >= 0.3 is 0 Å². The van der Waals surface area contributed by atoms with E-state index in [1.54, 1.807) is 0 Å². The molecule has 0 amide bonds. The van der Waals surface area contributed by atoms with Crippen LogP contribution in [-0.2, 0) is 13.1 Å². The minimum absolute atomic E-state index is 0.814. The molecule has 0 atom stereocenters. The second kappa shape index (κ2) is 2.97. The van der Waals surface area contributed by atoms with Gasteiger partial charge in [0.05, 0.1) is 12.4 Å². The van der Waals surface area contributed by atoms with Crippen LogP contribution in [0.3, 0.4) is 0 Å². The third kappa shape index (κ3) is 1.33. The van der Waals surface area contributed by atoms with Crippen LogP contribution in [0.2, 0.25) is 0 Å². The lowest BCUT2D eigenvalue weighted by Crippen LogP contribution is -2.17. The van der Waals surface area contributed by atoms with Crippen LogP contribution in [0, 0.1) is 0 Å². The van der Waals surface area contributed by atoms with Crippen LogP contribution in [0.5, 0.6) is 0 Å². The van der Waals surface area contributed by atoms with Crippen LogP contribution in [0.1, 0.15) is 18.1 Å². The standard InChI is InChI=1S/C10H12N2/c1-8-11-6-9-4-2-3-5-10(9)7-12-8/h2-5H,6-7H2,1H3,(H,11,12). The van der Waals surface area contributed by atoms with Gasteiger partial charge in [0.25, 0.3) is 0 Å². The number of hydrogen-bond acceptors (Lipinski definition) is 2. The predicted octanol–water partition coefficient (Wildman–Crippen LogP) is 1.71. The summed E-state index contributed by atoms with van der Waals surface area (Å²) in [7, 11) is 0. The van der Waals surface area contributed by atoms with E-state index >= 15 is 0 Å². The van der Waals surface area contributed by atoms with Crippen LogP contribution in [0.15, 0.2) is 29.3 Å². The Labute approximate surface area is 72.3 Å². The number of benzene rings is 1. The highest BCUT2D eigenvalue weighted by Gasteiger charge is 2.04. The zero-order chi connectivity index (χ0) is 8.39. The maximum Gasteiger partial charge on any atom is 0.0938 e. The van der Waals surface area contributed by atoms with Gasteiger partial charge in [-0.1, -0.05) is 24.3 Å². The fraction of sp³-hybridized carbons (Fsp3) is 0.300. The second-order valence-corrected chi connectivity index (χ2v) is 3.02.